The number of ether oxygens (including phenoxy) is 1. The first-order valence-electron chi connectivity index (χ1n) is 5.72. The van der Waals surface area contributed by atoms with Gasteiger partial charge in [-0.2, -0.15) is 0 Å². The van der Waals surface area contributed by atoms with Crippen LogP contribution >= 0.6 is 33.9 Å². The van der Waals surface area contributed by atoms with E-state index in [1.807, 2.05) is 20.8 Å². The molecule has 0 spiro atoms. The average Bonchev–Trinajstić information content (AvgIpc) is 2.33. The van der Waals surface area contributed by atoms with Gasteiger partial charge in [0.15, 0.2) is 0 Å². The van der Waals surface area contributed by atoms with Gasteiger partial charge in [-0.1, -0.05) is 44.0 Å². The maximum atomic E-state index is 11.4. The van der Waals surface area contributed by atoms with Gasteiger partial charge in [-0.15, -0.1) is 0 Å². The highest BCUT2D eigenvalue weighted by Crippen LogP contribution is 2.34. The van der Waals surface area contributed by atoms with Gasteiger partial charge in [0.25, 0.3) is 9.05 Å². The van der Waals surface area contributed by atoms with Crippen LogP contribution in [0.3, 0.4) is 0 Å². The van der Waals surface area contributed by atoms with Crippen molar-refractivity contribution in [2.75, 3.05) is 6.61 Å². The molecule has 1 rings (SSSR count). The summed E-state index contributed by atoms with van der Waals surface area (Å²) in [5, 5.41) is 0.348. The molecule has 0 aliphatic rings. The maximum absolute atomic E-state index is 11.4. The molecule has 7 heteroatoms. The molecule has 0 heterocycles. The van der Waals surface area contributed by atoms with Crippen LogP contribution in [0.2, 0.25) is 0 Å². The van der Waals surface area contributed by atoms with Crippen molar-refractivity contribution in [3.05, 3.63) is 34.3 Å². The minimum Gasteiger partial charge on any atom is -0.488 e. The molecule has 0 bridgehead atoms. The van der Waals surface area contributed by atoms with Crippen LogP contribution < -0.4 is 4.74 Å². The molecule has 0 amide bonds. The van der Waals surface area contributed by atoms with Crippen LogP contribution in [0.1, 0.15) is 26.3 Å². The molecule has 0 aliphatic heterocycles. The Morgan fingerprint density at radius 2 is 1.95 bits per heavy atom. The summed E-state index contributed by atoms with van der Waals surface area (Å²) in [6.07, 6.45) is 0. The monoisotopic (exact) mass is 356 g/mol. The second-order valence-corrected chi connectivity index (χ2v) is 8.46. The zero-order valence-electron chi connectivity index (χ0n) is 11.3. The van der Waals surface area contributed by atoms with E-state index in [4.69, 9.17) is 38.6 Å². The van der Waals surface area contributed by atoms with E-state index in [0.717, 1.165) is 5.56 Å². The Bertz CT molecular complexity index is 616. The smallest absolute Gasteiger partial charge is 0.261 e. The van der Waals surface area contributed by atoms with Crippen molar-refractivity contribution in [2.45, 2.75) is 31.1 Å². The van der Waals surface area contributed by atoms with E-state index in [-0.39, 0.29) is 16.9 Å². The molecule has 0 saturated carbocycles. The van der Waals surface area contributed by atoms with Gasteiger partial charge in [-0.25, -0.2) is 8.42 Å². The Morgan fingerprint density at radius 3 is 2.40 bits per heavy atom. The number of rotatable bonds is 4. The largest absolute Gasteiger partial charge is 0.488 e. The molecule has 0 fully saturated rings. The standard InChI is InChI=1S/C13H15Cl3O3S/c1-13(2,3)11-6-10(20(16,17)18)4-5-12(11)19-8-9(15)7-14/h4-7H,8H2,1-3H3/b9-7-. The molecule has 0 aromatic heterocycles. The summed E-state index contributed by atoms with van der Waals surface area (Å²) in [4.78, 5) is 0.0374. The van der Waals surface area contributed by atoms with Crippen LogP contribution in [0, 0.1) is 0 Å². The second kappa shape index (κ2) is 6.56. The SMILES string of the molecule is CC(C)(C)c1cc(S(=O)(=O)Cl)ccc1OC/C(Cl)=C/Cl. The zero-order chi connectivity index (χ0) is 15.6. The highest BCUT2D eigenvalue weighted by molar-refractivity contribution is 8.13. The predicted octanol–water partition coefficient (Wildman–Crippen LogP) is 4.61. The molecule has 1 aromatic rings. The Balaban J connectivity index is 3.25. The summed E-state index contributed by atoms with van der Waals surface area (Å²) < 4.78 is 28.4. The molecule has 0 N–H and O–H groups in total. The Labute approximate surface area is 133 Å². The molecule has 0 saturated heterocycles. The lowest BCUT2D eigenvalue weighted by atomic mass is 9.86. The van der Waals surface area contributed by atoms with Crippen molar-refractivity contribution in [3.8, 4) is 5.75 Å². The third kappa shape index (κ3) is 4.85. The summed E-state index contributed by atoms with van der Waals surface area (Å²) in [6.45, 7) is 5.94. The fourth-order valence-corrected chi connectivity index (χ4v) is 2.45. The van der Waals surface area contributed by atoms with Crippen molar-refractivity contribution < 1.29 is 13.2 Å². The highest BCUT2D eigenvalue weighted by Gasteiger charge is 2.22. The van der Waals surface area contributed by atoms with Crippen molar-refractivity contribution in [2.24, 2.45) is 0 Å². The number of hydrogen-bond acceptors (Lipinski definition) is 3. The van der Waals surface area contributed by atoms with E-state index in [2.05, 4.69) is 0 Å². The van der Waals surface area contributed by atoms with Gasteiger partial charge in [0, 0.05) is 21.8 Å². The Kier molecular flexibility index (Phi) is 5.79. The van der Waals surface area contributed by atoms with Gasteiger partial charge in [-0.05, 0) is 23.6 Å². The lowest BCUT2D eigenvalue weighted by Gasteiger charge is -2.23. The van der Waals surface area contributed by atoms with Gasteiger partial charge < -0.3 is 4.74 Å². The van der Waals surface area contributed by atoms with Crippen LogP contribution in [-0.4, -0.2) is 15.0 Å². The summed E-state index contributed by atoms with van der Waals surface area (Å²) >= 11 is 11.2. The molecule has 0 aliphatic carbocycles. The molecular weight excluding hydrogens is 343 g/mol. The quantitative estimate of drug-likeness (QED) is 0.739. The van der Waals surface area contributed by atoms with Crippen LogP contribution in [0.15, 0.2) is 33.7 Å². The molecule has 1 aromatic carbocycles. The van der Waals surface area contributed by atoms with Crippen LogP contribution in [0.25, 0.3) is 0 Å². The molecule has 0 atom stereocenters. The minimum absolute atomic E-state index is 0.0374. The maximum Gasteiger partial charge on any atom is 0.261 e. The van der Waals surface area contributed by atoms with Crippen LogP contribution in [-0.2, 0) is 14.5 Å². The van der Waals surface area contributed by atoms with Crippen molar-refractivity contribution >= 4 is 42.9 Å². The molecule has 0 unspecified atom stereocenters. The Morgan fingerprint density at radius 1 is 1.35 bits per heavy atom. The van der Waals surface area contributed by atoms with E-state index in [1.54, 1.807) is 6.07 Å². The molecule has 0 radical (unpaired) electrons. The molecule has 20 heavy (non-hydrogen) atoms. The summed E-state index contributed by atoms with van der Waals surface area (Å²) in [5.41, 5.74) is 1.62. The molecule has 112 valence electrons. The van der Waals surface area contributed by atoms with Crippen molar-refractivity contribution in [1.82, 2.24) is 0 Å². The first-order valence-corrected chi connectivity index (χ1v) is 8.85. The van der Waals surface area contributed by atoms with E-state index < -0.39 is 9.05 Å². The van der Waals surface area contributed by atoms with E-state index in [1.165, 1.54) is 17.7 Å². The normalized spacial score (nSPS) is 13.4. The third-order valence-electron chi connectivity index (χ3n) is 2.52. The number of hydrogen-bond donors (Lipinski definition) is 0. The fraction of sp³-hybridized carbons (Fsp3) is 0.385. The average molecular weight is 358 g/mol. The van der Waals surface area contributed by atoms with Gasteiger partial charge >= 0.3 is 0 Å². The summed E-state index contributed by atoms with van der Waals surface area (Å²) in [7, 11) is 1.59. The zero-order valence-corrected chi connectivity index (χ0v) is 14.4. The number of halogens is 3. The molecule has 3 nitrogen and oxygen atoms in total. The van der Waals surface area contributed by atoms with E-state index in [9.17, 15) is 8.42 Å². The lowest BCUT2D eigenvalue weighted by molar-refractivity contribution is 0.347. The predicted molar refractivity (Wildman–Crippen MR) is 83.5 cm³/mol. The van der Waals surface area contributed by atoms with Crippen molar-refractivity contribution in [1.29, 1.82) is 0 Å². The number of benzene rings is 1. The van der Waals surface area contributed by atoms with Crippen molar-refractivity contribution in [3.63, 3.8) is 0 Å². The lowest BCUT2D eigenvalue weighted by Crippen LogP contribution is -2.14. The first kappa shape index (κ1) is 17.6. The fourth-order valence-electron chi connectivity index (χ4n) is 1.55. The van der Waals surface area contributed by atoms with Gasteiger partial charge in [0.1, 0.15) is 12.4 Å². The van der Waals surface area contributed by atoms with Crippen LogP contribution in [0.4, 0.5) is 0 Å². The first-order chi connectivity index (χ1) is 9.05. The topological polar surface area (TPSA) is 43.4 Å². The van der Waals surface area contributed by atoms with E-state index in [0.29, 0.717) is 10.8 Å². The van der Waals surface area contributed by atoms with E-state index >= 15 is 0 Å². The van der Waals surface area contributed by atoms with Gasteiger partial charge in [0.05, 0.1) is 9.93 Å². The third-order valence-corrected chi connectivity index (χ3v) is 4.47. The van der Waals surface area contributed by atoms with Gasteiger partial charge in [0.2, 0.25) is 0 Å². The highest BCUT2D eigenvalue weighted by atomic mass is 35.7. The Hall–Kier alpha value is -0.420. The molecular formula is C13H15Cl3O3S. The minimum atomic E-state index is -3.78. The van der Waals surface area contributed by atoms with Crippen LogP contribution in [0.5, 0.6) is 5.75 Å². The summed E-state index contributed by atoms with van der Waals surface area (Å²) in [5.74, 6) is 0.540. The second-order valence-electron chi connectivity index (χ2n) is 5.19. The van der Waals surface area contributed by atoms with Gasteiger partial charge in [-0.3, -0.25) is 0 Å². The summed E-state index contributed by atoms with van der Waals surface area (Å²) in [6, 6.07) is 4.47.